The summed E-state index contributed by atoms with van der Waals surface area (Å²) in [5, 5.41) is 0.704. The van der Waals surface area contributed by atoms with Crippen LogP contribution in [0.5, 0.6) is 0 Å². The molecule has 0 bridgehead atoms. The minimum Gasteiger partial charge on any atom is -0.366 e. The highest BCUT2D eigenvalue weighted by molar-refractivity contribution is 6.35. The molecule has 10 heteroatoms. The van der Waals surface area contributed by atoms with E-state index in [2.05, 4.69) is 21.5 Å². The van der Waals surface area contributed by atoms with Crippen LogP contribution in [-0.2, 0) is 9.59 Å². The summed E-state index contributed by atoms with van der Waals surface area (Å²) in [4.78, 5) is 40.7. The van der Waals surface area contributed by atoms with E-state index in [9.17, 15) is 9.59 Å². The molecule has 2 amide bonds. The molecule has 0 saturated carbocycles. The Morgan fingerprint density at radius 2 is 1.94 bits per heavy atom. The van der Waals surface area contributed by atoms with Crippen molar-refractivity contribution < 1.29 is 14.0 Å². The van der Waals surface area contributed by atoms with E-state index in [4.69, 9.17) is 11.6 Å². The van der Waals surface area contributed by atoms with E-state index < -0.39 is 5.82 Å². The van der Waals surface area contributed by atoms with Gasteiger partial charge in [-0.2, -0.15) is 0 Å². The predicted molar refractivity (Wildman–Crippen MR) is 140 cm³/mol. The molecular formula is C26H24ClFN6O2. The Hall–Kier alpha value is -3.98. The minimum atomic E-state index is -0.557. The number of benzene rings is 2. The average molecular weight is 507 g/mol. The van der Waals surface area contributed by atoms with Gasteiger partial charge in [-0.25, -0.2) is 9.37 Å². The summed E-state index contributed by atoms with van der Waals surface area (Å²) < 4.78 is 16.3. The van der Waals surface area contributed by atoms with E-state index in [0.717, 1.165) is 11.1 Å². The van der Waals surface area contributed by atoms with E-state index in [0.29, 0.717) is 60.4 Å². The van der Waals surface area contributed by atoms with Crippen LogP contribution in [0.25, 0.3) is 33.1 Å². The van der Waals surface area contributed by atoms with Crippen molar-refractivity contribution in [3.8, 4) is 11.1 Å². The van der Waals surface area contributed by atoms with Gasteiger partial charge in [0.2, 0.25) is 12.3 Å². The Morgan fingerprint density at radius 1 is 1.19 bits per heavy atom. The summed E-state index contributed by atoms with van der Waals surface area (Å²) >= 11 is 6.77. The third-order valence-electron chi connectivity index (χ3n) is 6.68. The number of carbonyl (C=O) groups excluding carboxylic acids is 2. The molecule has 2 aromatic heterocycles. The van der Waals surface area contributed by atoms with Crippen LogP contribution in [0.2, 0.25) is 5.02 Å². The molecule has 5 rings (SSSR count). The fourth-order valence-corrected chi connectivity index (χ4v) is 5.11. The molecule has 36 heavy (non-hydrogen) atoms. The number of nitrogens with zero attached hydrogens (tertiary/aromatic N) is 5. The monoisotopic (exact) mass is 506 g/mol. The second-order valence-corrected chi connectivity index (χ2v) is 9.13. The number of aromatic amines is 1. The van der Waals surface area contributed by atoms with Gasteiger partial charge in [-0.1, -0.05) is 24.2 Å². The van der Waals surface area contributed by atoms with Gasteiger partial charge in [0.15, 0.2) is 5.82 Å². The number of rotatable bonds is 5. The first-order valence-electron chi connectivity index (χ1n) is 11.4. The molecule has 0 spiro atoms. The first kappa shape index (κ1) is 23.7. The summed E-state index contributed by atoms with van der Waals surface area (Å²) in [6.07, 6.45) is 5.03. The largest absolute Gasteiger partial charge is 0.366 e. The highest BCUT2D eigenvalue weighted by Crippen LogP contribution is 2.44. The van der Waals surface area contributed by atoms with Crippen molar-refractivity contribution in [1.82, 2.24) is 19.9 Å². The van der Waals surface area contributed by atoms with Crippen LogP contribution in [0.3, 0.4) is 0 Å². The van der Waals surface area contributed by atoms with Crippen LogP contribution in [0, 0.1) is 12.7 Å². The Labute approximate surface area is 212 Å². The molecule has 1 aliphatic rings. The number of imidazole rings is 1. The highest BCUT2D eigenvalue weighted by atomic mass is 35.5. The molecule has 0 radical (unpaired) electrons. The van der Waals surface area contributed by atoms with Gasteiger partial charge in [0.25, 0.3) is 0 Å². The highest BCUT2D eigenvalue weighted by Gasteiger charge is 2.28. The zero-order valence-electron chi connectivity index (χ0n) is 19.9. The van der Waals surface area contributed by atoms with Crippen LogP contribution in [0.1, 0.15) is 5.56 Å². The lowest BCUT2D eigenvalue weighted by molar-refractivity contribution is -0.126. The van der Waals surface area contributed by atoms with E-state index in [-0.39, 0.29) is 22.0 Å². The zero-order chi connectivity index (χ0) is 25.6. The fraction of sp³-hybridized carbons (Fsp3) is 0.231. The van der Waals surface area contributed by atoms with Crippen LogP contribution in [0.4, 0.5) is 15.8 Å². The first-order valence-corrected chi connectivity index (χ1v) is 11.8. The molecule has 0 unspecified atom stereocenters. The van der Waals surface area contributed by atoms with Gasteiger partial charge >= 0.3 is 0 Å². The number of pyridine rings is 1. The second-order valence-electron chi connectivity index (χ2n) is 8.72. The number of amides is 2. The molecule has 1 aliphatic heterocycles. The number of fused-ring (bicyclic) bond motifs is 2. The number of nitrogens with one attached hydrogen (secondary N) is 1. The molecular weight excluding hydrogens is 483 g/mol. The number of hydrogen-bond acceptors (Lipinski definition) is 5. The fourth-order valence-electron chi connectivity index (χ4n) is 4.82. The Bertz CT molecular complexity index is 1530. The molecule has 1 saturated heterocycles. The Kier molecular flexibility index (Phi) is 6.09. The van der Waals surface area contributed by atoms with E-state index in [1.54, 1.807) is 24.3 Å². The van der Waals surface area contributed by atoms with Gasteiger partial charge in [0.1, 0.15) is 5.52 Å². The quantitative estimate of drug-likeness (QED) is 0.322. The lowest BCUT2D eigenvalue weighted by Gasteiger charge is -2.37. The number of hydrogen-bond donors (Lipinski definition) is 1. The van der Waals surface area contributed by atoms with Crippen molar-refractivity contribution in [2.45, 2.75) is 6.92 Å². The topological polar surface area (TPSA) is 85.4 Å². The number of aryl methyl sites for hydroxylation is 1. The maximum atomic E-state index is 16.3. The number of aromatic nitrogens is 3. The molecule has 1 fully saturated rings. The van der Waals surface area contributed by atoms with E-state index in [1.807, 2.05) is 24.0 Å². The summed E-state index contributed by atoms with van der Waals surface area (Å²) in [5.41, 5.74) is 4.37. The minimum absolute atomic E-state index is 0.138. The molecule has 2 aromatic carbocycles. The molecule has 8 nitrogen and oxygen atoms in total. The maximum Gasteiger partial charge on any atom is 0.246 e. The molecule has 4 aromatic rings. The normalized spacial score (nSPS) is 13.9. The van der Waals surface area contributed by atoms with Crippen molar-refractivity contribution >= 4 is 57.2 Å². The van der Waals surface area contributed by atoms with Gasteiger partial charge in [-0.3, -0.25) is 14.6 Å². The van der Waals surface area contributed by atoms with Crippen molar-refractivity contribution in [3.05, 3.63) is 59.8 Å². The van der Waals surface area contributed by atoms with Crippen molar-refractivity contribution in [3.63, 3.8) is 0 Å². The van der Waals surface area contributed by atoms with Gasteiger partial charge in [-0.15, -0.1) is 0 Å². The Balaban J connectivity index is 1.71. The zero-order valence-corrected chi connectivity index (χ0v) is 20.6. The number of carbonyl (C=O) groups is 2. The third kappa shape index (κ3) is 3.76. The second kappa shape index (κ2) is 9.23. The van der Waals surface area contributed by atoms with Crippen LogP contribution >= 0.6 is 11.6 Å². The number of H-pyrrole nitrogens is 1. The number of anilines is 2. The molecule has 3 heterocycles. The maximum absolute atomic E-state index is 16.3. The predicted octanol–water partition coefficient (Wildman–Crippen LogP) is 4.31. The summed E-state index contributed by atoms with van der Waals surface area (Å²) in [7, 11) is 1.62. The van der Waals surface area contributed by atoms with Gasteiger partial charge in [-0.05, 0) is 30.7 Å². The third-order valence-corrected chi connectivity index (χ3v) is 6.97. The summed E-state index contributed by atoms with van der Waals surface area (Å²) in [6.45, 7) is 7.35. The van der Waals surface area contributed by atoms with Crippen molar-refractivity contribution in [2.75, 3.05) is 43.0 Å². The van der Waals surface area contributed by atoms with Gasteiger partial charge in [0, 0.05) is 49.7 Å². The van der Waals surface area contributed by atoms with Crippen LogP contribution in [-0.4, -0.2) is 65.4 Å². The molecule has 0 atom stereocenters. The van der Waals surface area contributed by atoms with Crippen molar-refractivity contribution in [2.24, 2.45) is 0 Å². The standard InChI is InChI=1S/C26H24ClFN6O2/c1-4-20(36)33-7-9-34(10-8-33)26-16-11-17(27)22(21-15(2)5-6-18-25(21)31-13-30-18)23(28)24(16)29-12-19(26)32(3)14-35/h4-6,11-14H,1,7-10H2,2-3H3,(H,30,31). The number of piperazine rings is 1. The smallest absolute Gasteiger partial charge is 0.246 e. The van der Waals surface area contributed by atoms with Gasteiger partial charge in [0.05, 0.1) is 40.0 Å². The lowest BCUT2D eigenvalue weighted by Crippen LogP contribution is -2.48. The van der Waals surface area contributed by atoms with E-state index >= 15 is 4.39 Å². The van der Waals surface area contributed by atoms with Crippen molar-refractivity contribution in [1.29, 1.82) is 0 Å². The summed E-state index contributed by atoms with van der Waals surface area (Å²) in [5.74, 6) is -0.695. The average Bonchev–Trinajstić information content (AvgIpc) is 3.37. The van der Waals surface area contributed by atoms with E-state index in [1.165, 1.54) is 17.2 Å². The molecule has 184 valence electrons. The Morgan fingerprint density at radius 3 is 2.64 bits per heavy atom. The SMILES string of the molecule is C=CC(=O)N1CCN(c2c(N(C)C=O)cnc3c(F)c(-c4c(C)ccc5[nH]cnc45)c(Cl)cc23)CC1. The van der Waals surface area contributed by atoms with Gasteiger partial charge < -0.3 is 19.7 Å². The molecule has 1 N–H and O–H groups in total. The first-order chi connectivity index (χ1) is 17.3. The molecule has 0 aliphatic carbocycles. The lowest BCUT2D eigenvalue weighted by atomic mass is 9.96. The summed E-state index contributed by atoms with van der Waals surface area (Å²) in [6, 6.07) is 5.48. The van der Waals surface area contributed by atoms with Crippen LogP contribution < -0.4 is 9.80 Å². The number of halogens is 2. The van der Waals surface area contributed by atoms with Crippen LogP contribution in [0.15, 0.2) is 43.4 Å².